The Morgan fingerprint density at radius 2 is 1.66 bits per heavy atom. The van der Waals surface area contributed by atoms with Gasteiger partial charge >= 0.3 is 0 Å². The maximum absolute atomic E-state index is 13.4. The van der Waals surface area contributed by atoms with Gasteiger partial charge in [-0.05, 0) is 49.1 Å². The van der Waals surface area contributed by atoms with E-state index in [0.717, 1.165) is 19.1 Å². The third-order valence-electron chi connectivity index (χ3n) is 5.68. The number of benzene rings is 2. The molecule has 0 fully saturated rings. The summed E-state index contributed by atoms with van der Waals surface area (Å²) in [6, 6.07) is 13.9. The Bertz CT molecular complexity index is 1050. The van der Waals surface area contributed by atoms with Gasteiger partial charge in [-0.1, -0.05) is 50.6 Å². The minimum absolute atomic E-state index is 0.0682. The van der Waals surface area contributed by atoms with E-state index in [-0.39, 0.29) is 43.6 Å². The highest BCUT2D eigenvalue weighted by atomic mass is 32.2. The minimum atomic E-state index is -3.53. The van der Waals surface area contributed by atoms with Crippen molar-refractivity contribution in [1.82, 2.24) is 10.2 Å². The summed E-state index contributed by atoms with van der Waals surface area (Å²) in [5.41, 5.74) is 1.24. The number of anilines is 1. The second-order valence-corrected chi connectivity index (χ2v) is 10.4. The molecule has 0 saturated heterocycles. The third kappa shape index (κ3) is 8.98. The lowest BCUT2D eigenvalue weighted by Crippen LogP contribution is -2.49. The summed E-state index contributed by atoms with van der Waals surface area (Å²) >= 11 is 0. The van der Waals surface area contributed by atoms with Crippen LogP contribution in [0.1, 0.15) is 51.5 Å². The van der Waals surface area contributed by atoms with Crippen LogP contribution in [0.25, 0.3) is 0 Å². The van der Waals surface area contributed by atoms with Crippen LogP contribution in [0.15, 0.2) is 54.6 Å². The van der Waals surface area contributed by atoms with E-state index >= 15 is 0 Å². The third-order valence-corrected chi connectivity index (χ3v) is 6.87. The second-order valence-electron chi connectivity index (χ2n) is 8.49. The number of nitrogens with one attached hydrogen (secondary N) is 1. The molecule has 1 N–H and O–H groups in total. The Labute approximate surface area is 208 Å². The van der Waals surface area contributed by atoms with Gasteiger partial charge in [0, 0.05) is 26.1 Å². The molecule has 0 bridgehead atoms. The average Bonchev–Trinajstić information content (AvgIpc) is 2.82. The molecule has 0 aromatic heterocycles. The molecule has 0 aliphatic heterocycles. The van der Waals surface area contributed by atoms with E-state index in [2.05, 4.69) is 5.32 Å². The molecule has 7 nitrogen and oxygen atoms in total. The zero-order chi connectivity index (χ0) is 25.8. The first-order valence-corrected chi connectivity index (χ1v) is 13.9. The summed E-state index contributed by atoms with van der Waals surface area (Å²) in [6.07, 6.45) is 3.69. The first-order valence-electron chi connectivity index (χ1n) is 12.0. The van der Waals surface area contributed by atoms with Crippen molar-refractivity contribution in [2.24, 2.45) is 0 Å². The SMILES string of the molecule is CCCCNC(=O)[C@H](CC)N(Cc1ccc(F)cc1)C(=O)CCCN(c1ccccc1)S(C)(=O)=O. The standard InChI is InChI=1S/C26H36FN3O4S/c1-4-6-18-28-26(32)24(5-2)29(20-21-14-16-22(27)17-15-21)25(31)13-10-19-30(35(3,33)34)23-11-8-7-9-12-23/h7-9,11-12,14-17,24H,4-6,10,13,18-20H2,1-3H3,(H,28,32)/t24-/m0/s1. The molecule has 2 aromatic rings. The lowest BCUT2D eigenvalue weighted by Gasteiger charge is -2.31. The zero-order valence-electron chi connectivity index (χ0n) is 20.7. The number of nitrogens with zero attached hydrogens (tertiary/aromatic N) is 2. The number of carbonyl (C=O) groups is 2. The number of halogens is 1. The molecule has 0 saturated carbocycles. The van der Waals surface area contributed by atoms with Gasteiger partial charge in [-0.15, -0.1) is 0 Å². The van der Waals surface area contributed by atoms with E-state index in [4.69, 9.17) is 0 Å². The molecule has 2 aromatic carbocycles. The number of unbranched alkanes of at least 4 members (excludes halogenated alkanes) is 1. The summed E-state index contributed by atoms with van der Waals surface area (Å²) in [5.74, 6) is -0.857. The van der Waals surface area contributed by atoms with Crippen LogP contribution in [0.5, 0.6) is 0 Å². The van der Waals surface area contributed by atoms with Crippen LogP contribution < -0.4 is 9.62 Å². The lowest BCUT2D eigenvalue weighted by molar-refractivity contribution is -0.141. The Kier molecular flexibility index (Phi) is 11.2. The summed E-state index contributed by atoms with van der Waals surface area (Å²) in [6.45, 7) is 4.70. The molecule has 2 rings (SSSR count). The van der Waals surface area contributed by atoms with E-state index < -0.39 is 16.1 Å². The molecule has 2 amide bonds. The van der Waals surface area contributed by atoms with Crippen molar-refractivity contribution in [2.45, 2.75) is 58.5 Å². The number of rotatable bonds is 14. The molecule has 0 spiro atoms. The quantitative estimate of drug-likeness (QED) is 0.392. The molecule has 0 unspecified atom stereocenters. The van der Waals surface area contributed by atoms with Crippen molar-refractivity contribution in [3.8, 4) is 0 Å². The van der Waals surface area contributed by atoms with Gasteiger partial charge in [-0.2, -0.15) is 0 Å². The van der Waals surface area contributed by atoms with Crippen LogP contribution in [0, 0.1) is 5.82 Å². The summed E-state index contributed by atoms with van der Waals surface area (Å²) < 4.78 is 39.3. The summed E-state index contributed by atoms with van der Waals surface area (Å²) in [7, 11) is -3.53. The molecule has 0 aliphatic rings. The molecule has 0 aliphatic carbocycles. The number of sulfonamides is 1. The number of amides is 2. The van der Waals surface area contributed by atoms with Gasteiger partial charge < -0.3 is 10.2 Å². The van der Waals surface area contributed by atoms with Crippen molar-refractivity contribution in [1.29, 1.82) is 0 Å². The Morgan fingerprint density at radius 1 is 1.00 bits per heavy atom. The van der Waals surface area contributed by atoms with Gasteiger partial charge in [0.25, 0.3) is 0 Å². The maximum Gasteiger partial charge on any atom is 0.242 e. The number of carbonyl (C=O) groups excluding carboxylic acids is 2. The zero-order valence-corrected chi connectivity index (χ0v) is 21.6. The van der Waals surface area contributed by atoms with Crippen molar-refractivity contribution in [2.75, 3.05) is 23.7 Å². The maximum atomic E-state index is 13.4. The lowest BCUT2D eigenvalue weighted by atomic mass is 10.1. The number of hydrogen-bond acceptors (Lipinski definition) is 4. The first-order chi connectivity index (χ1) is 16.7. The molecule has 192 valence electrons. The minimum Gasteiger partial charge on any atom is -0.354 e. The number of para-hydroxylation sites is 1. The topological polar surface area (TPSA) is 86.8 Å². The average molecular weight is 506 g/mol. The van der Waals surface area contributed by atoms with Crippen LogP contribution in [0.3, 0.4) is 0 Å². The van der Waals surface area contributed by atoms with Crippen molar-refractivity contribution >= 4 is 27.5 Å². The second kappa shape index (κ2) is 13.8. The van der Waals surface area contributed by atoms with E-state index in [0.29, 0.717) is 24.2 Å². The van der Waals surface area contributed by atoms with Gasteiger partial charge in [0.1, 0.15) is 11.9 Å². The van der Waals surface area contributed by atoms with Crippen LogP contribution in [-0.4, -0.2) is 50.5 Å². The summed E-state index contributed by atoms with van der Waals surface area (Å²) in [4.78, 5) is 27.7. The molecular weight excluding hydrogens is 469 g/mol. The highest BCUT2D eigenvalue weighted by Crippen LogP contribution is 2.19. The Hall–Kier alpha value is -2.94. The monoisotopic (exact) mass is 505 g/mol. The Balaban J connectivity index is 2.16. The van der Waals surface area contributed by atoms with E-state index in [9.17, 15) is 22.4 Å². The normalized spacial score (nSPS) is 12.1. The smallest absolute Gasteiger partial charge is 0.242 e. The molecular formula is C26H36FN3O4S. The highest BCUT2D eigenvalue weighted by molar-refractivity contribution is 7.92. The fraction of sp³-hybridized carbons (Fsp3) is 0.462. The van der Waals surface area contributed by atoms with Gasteiger partial charge in [0.05, 0.1) is 11.9 Å². The molecule has 9 heteroatoms. The fourth-order valence-corrected chi connectivity index (χ4v) is 4.78. The largest absolute Gasteiger partial charge is 0.354 e. The van der Waals surface area contributed by atoms with Gasteiger partial charge in [0.2, 0.25) is 21.8 Å². The Morgan fingerprint density at radius 3 is 2.23 bits per heavy atom. The van der Waals surface area contributed by atoms with Crippen molar-refractivity contribution in [3.05, 3.63) is 66.0 Å². The molecule has 0 heterocycles. The van der Waals surface area contributed by atoms with E-state index in [1.165, 1.54) is 21.3 Å². The van der Waals surface area contributed by atoms with Gasteiger partial charge in [-0.3, -0.25) is 13.9 Å². The van der Waals surface area contributed by atoms with Crippen LogP contribution >= 0.6 is 0 Å². The summed E-state index contributed by atoms with van der Waals surface area (Å²) in [5, 5.41) is 2.90. The predicted molar refractivity (Wildman–Crippen MR) is 137 cm³/mol. The van der Waals surface area contributed by atoms with Crippen molar-refractivity contribution in [3.63, 3.8) is 0 Å². The van der Waals surface area contributed by atoms with Gasteiger partial charge in [-0.25, -0.2) is 12.8 Å². The van der Waals surface area contributed by atoms with Crippen LogP contribution in [0.4, 0.5) is 10.1 Å². The van der Waals surface area contributed by atoms with E-state index in [1.54, 1.807) is 42.5 Å². The fourth-order valence-electron chi connectivity index (χ4n) is 3.81. The van der Waals surface area contributed by atoms with Gasteiger partial charge in [0.15, 0.2) is 0 Å². The van der Waals surface area contributed by atoms with Crippen LogP contribution in [0.2, 0.25) is 0 Å². The number of hydrogen-bond donors (Lipinski definition) is 1. The first kappa shape index (κ1) is 28.3. The van der Waals surface area contributed by atoms with E-state index in [1.807, 2.05) is 13.8 Å². The molecule has 0 radical (unpaired) electrons. The molecule has 35 heavy (non-hydrogen) atoms. The van der Waals surface area contributed by atoms with Crippen molar-refractivity contribution < 1.29 is 22.4 Å². The predicted octanol–water partition coefficient (Wildman–Crippen LogP) is 4.10. The highest BCUT2D eigenvalue weighted by Gasteiger charge is 2.28. The molecule has 1 atom stereocenters. The van der Waals surface area contributed by atoms with Crippen LogP contribution in [-0.2, 0) is 26.2 Å².